The third kappa shape index (κ3) is 4.88. The molecule has 1 amide bonds. The van der Waals surface area contributed by atoms with Crippen LogP contribution in [0.2, 0.25) is 5.02 Å². The molecule has 33 heavy (non-hydrogen) atoms. The zero-order valence-electron chi connectivity index (χ0n) is 18.8. The first-order chi connectivity index (χ1) is 15.9. The van der Waals surface area contributed by atoms with Gasteiger partial charge in [-0.3, -0.25) is 4.79 Å². The zero-order valence-corrected chi connectivity index (χ0v) is 21.2. The lowest BCUT2D eigenvalue weighted by Gasteiger charge is -2.14. The number of nitrogens with one attached hydrogen (secondary N) is 2. The minimum absolute atomic E-state index is 0.0756. The summed E-state index contributed by atoms with van der Waals surface area (Å²) in [4.78, 5) is 22.4. The Labute approximate surface area is 208 Å². The van der Waals surface area contributed by atoms with Crippen LogP contribution in [0.1, 0.15) is 43.1 Å². The SMILES string of the molecule is CCc1cccc(S)c1-c1[nH]c(-c2csc(-c3ccccc3Cl)n2)cc1C(=O)NC(C)CC. The van der Waals surface area contributed by atoms with Gasteiger partial charge in [0.05, 0.1) is 27.7 Å². The molecule has 2 N–H and O–H groups in total. The molecule has 1 unspecified atom stereocenters. The molecule has 0 aliphatic carbocycles. The Bertz CT molecular complexity index is 1290. The Morgan fingerprint density at radius 2 is 2.00 bits per heavy atom. The van der Waals surface area contributed by atoms with Gasteiger partial charge in [-0.2, -0.15) is 0 Å². The predicted molar refractivity (Wildman–Crippen MR) is 142 cm³/mol. The second-order valence-electron chi connectivity index (χ2n) is 7.94. The van der Waals surface area contributed by atoms with Crippen molar-refractivity contribution < 1.29 is 4.79 Å². The monoisotopic (exact) mass is 495 g/mol. The van der Waals surface area contributed by atoms with E-state index in [1.807, 2.05) is 54.8 Å². The number of aryl methyl sites for hydroxylation is 1. The molecule has 0 bridgehead atoms. The number of thiol groups is 1. The van der Waals surface area contributed by atoms with Gasteiger partial charge in [0, 0.05) is 27.4 Å². The molecule has 4 aromatic rings. The number of carbonyl (C=O) groups excluding carboxylic acids is 1. The van der Waals surface area contributed by atoms with Crippen LogP contribution in [0, 0.1) is 0 Å². The number of nitrogens with zero attached hydrogens (tertiary/aromatic N) is 1. The highest BCUT2D eigenvalue weighted by molar-refractivity contribution is 7.80. The summed E-state index contributed by atoms with van der Waals surface area (Å²) >= 11 is 12.6. The third-order valence-electron chi connectivity index (χ3n) is 5.70. The normalized spacial score (nSPS) is 12.0. The van der Waals surface area contributed by atoms with Gasteiger partial charge in [-0.15, -0.1) is 24.0 Å². The molecule has 2 heterocycles. The number of H-pyrrole nitrogens is 1. The molecule has 0 aliphatic rings. The molecule has 2 aromatic carbocycles. The number of hydrogen-bond acceptors (Lipinski definition) is 4. The number of hydrogen-bond donors (Lipinski definition) is 3. The number of benzene rings is 2. The average Bonchev–Trinajstić information content (AvgIpc) is 3.46. The van der Waals surface area contributed by atoms with E-state index in [-0.39, 0.29) is 11.9 Å². The summed E-state index contributed by atoms with van der Waals surface area (Å²) in [6, 6.07) is 15.6. The first-order valence-corrected chi connectivity index (χ1v) is 12.7. The molecule has 0 saturated heterocycles. The molecule has 4 nitrogen and oxygen atoms in total. The fraction of sp³-hybridized carbons (Fsp3) is 0.231. The van der Waals surface area contributed by atoms with Crippen molar-refractivity contribution in [1.82, 2.24) is 15.3 Å². The van der Waals surface area contributed by atoms with Crippen molar-refractivity contribution in [3.05, 3.63) is 70.1 Å². The predicted octanol–water partition coefficient (Wildman–Crippen LogP) is 7.51. The second kappa shape index (κ2) is 10.2. The molecule has 0 aliphatic heterocycles. The molecule has 0 spiro atoms. The minimum atomic E-state index is -0.109. The molecular weight excluding hydrogens is 470 g/mol. The Hall–Kier alpha value is -2.54. The lowest BCUT2D eigenvalue weighted by Crippen LogP contribution is -2.32. The van der Waals surface area contributed by atoms with Gasteiger partial charge < -0.3 is 10.3 Å². The number of amides is 1. The van der Waals surface area contributed by atoms with E-state index in [1.54, 1.807) is 0 Å². The lowest BCUT2D eigenvalue weighted by atomic mass is 9.99. The fourth-order valence-corrected chi connectivity index (χ4v) is 5.18. The molecule has 170 valence electrons. The van der Waals surface area contributed by atoms with Crippen LogP contribution in [0.25, 0.3) is 33.2 Å². The highest BCUT2D eigenvalue weighted by atomic mass is 35.5. The Morgan fingerprint density at radius 3 is 2.73 bits per heavy atom. The van der Waals surface area contributed by atoms with Gasteiger partial charge in [-0.25, -0.2) is 4.98 Å². The van der Waals surface area contributed by atoms with Crippen molar-refractivity contribution in [3.8, 4) is 33.2 Å². The van der Waals surface area contributed by atoms with Crippen molar-refractivity contribution in [1.29, 1.82) is 0 Å². The van der Waals surface area contributed by atoms with E-state index >= 15 is 0 Å². The van der Waals surface area contributed by atoms with Gasteiger partial charge >= 0.3 is 0 Å². The van der Waals surface area contributed by atoms with E-state index in [0.29, 0.717) is 10.6 Å². The van der Waals surface area contributed by atoms with Crippen LogP contribution in [0.4, 0.5) is 0 Å². The number of aromatic nitrogens is 2. The highest BCUT2D eigenvalue weighted by Gasteiger charge is 2.23. The summed E-state index contributed by atoms with van der Waals surface area (Å²) in [6.45, 7) is 6.16. The Balaban J connectivity index is 1.83. The summed E-state index contributed by atoms with van der Waals surface area (Å²) in [5.74, 6) is -0.109. The molecule has 7 heteroatoms. The molecule has 0 saturated carbocycles. The van der Waals surface area contributed by atoms with Gasteiger partial charge in [0.25, 0.3) is 5.91 Å². The smallest absolute Gasteiger partial charge is 0.253 e. The second-order valence-corrected chi connectivity index (χ2v) is 9.68. The van der Waals surface area contributed by atoms with Crippen molar-refractivity contribution in [3.63, 3.8) is 0 Å². The first-order valence-electron chi connectivity index (χ1n) is 11.0. The first kappa shape index (κ1) is 23.6. The minimum Gasteiger partial charge on any atom is -0.353 e. The summed E-state index contributed by atoms with van der Waals surface area (Å²) in [5, 5.41) is 6.58. The lowest BCUT2D eigenvalue weighted by molar-refractivity contribution is 0.0940. The van der Waals surface area contributed by atoms with Crippen molar-refractivity contribution in [2.24, 2.45) is 0 Å². The maximum Gasteiger partial charge on any atom is 0.253 e. The number of carbonyl (C=O) groups is 1. The van der Waals surface area contributed by atoms with E-state index < -0.39 is 0 Å². The largest absolute Gasteiger partial charge is 0.353 e. The Kier molecular flexibility index (Phi) is 7.27. The van der Waals surface area contributed by atoms with E-state index in [0.717, 1.165) is 56.5 Å². The summed E-state index contributed by atoms with van der Waals surface area (Å²) in [5.41, 5.74) is 5.88. The molecule has 0 fully saturated rings. The van der Waals surface area contributed by atoms with E-state index in [1.165, 1.54) is 11.3 Å². The Morgan fingerprint density at radius 1 is 1.21 bits per heavy atom. The van der Waals surface area contributed by atoms with E-state index in [2.05, 4.69) is 30.2 Å². The average molecular weight is 496 g/mol. The van der Waals surface area contributed by atoms with Crippen LogP contribution in [0.5, 0.6) is 0 Å². The molecule has 0 radical (unpaired) electrons. The zero-order chi connectivity index (χ0) is 23.5. The summed E-state index contributed by atoms with van der Waals surface area (Å²) in [7, 11) is 0. The molecule has 1 atom stereocenters. The van der Waals surface area contributed by atoms with Gasteiger partial charge in [-0.1, -0.05) is 55.8 Å². The van der Waals surface area contributed by atoms with E-state index in [9.17, 15) is 4.79 Å². The standard InChI is InChI=1S/C26H26ClN3OS2/c1-4-15(3)28-25(31)18-13-20(29-24(18)23-16(5-2)9-8-12-22(23)32)21-14-33-26(30-21)17-10-6-7-11-19(17)27/h6-15,29,32H,4-5H2,1-3H3,(H,28,31). The van der Waals surface area contributed by atoms with Gasteiger partial charge in [0.15, 0.2) is 0 Å². The van der Waals surface area contributed by atoms with Crippen LogP contribution < -0.4 is 5.32 Å². The molecular formula is C26H26ClN3OS2. The number of thiazole rings is 1. The van der Waals surface area contributed by atoms with Gasteiger partial charge in [0.1, 0.15) is 5.01 Å². The number of halogens is 1. The summed E-state index contributed by atoms with van der Waals surface area (Å²) in [6.07, 6.45) is 1.69. The topological polar surface area (TPSA) is 57.8 Å². The van der Waals surface area contributed by atoms with Gasteiger partial charge in [0.2, 0.25) is 0 Å². The molecule has 4 rings (SSSR count). The van der Waals surface area contributed by atoms with Crippen LogP contribution in [-0.4, -0.2) is 21.9 Å². The maximum atomic E-state index is 13.2. The number of rotatable bonds is 7. The maximum absolute atomic E-state index is 13.2. The number of aromatic amines is 1. The third-order valence-corrected chi connectivity index (χ3v) is 7.27. The molecule has 2 aromatic heterocycles. The van der Waals surface area contributed by atoms with Crippen LogP contribution in [0.3, 0.4) is 0 Å². The van der Waals surface area contributed by atoms with Crippen LogP contribution in [-0.2, 0) is 6.42 Å². The van der Waals surface area contributed by atoms with Crippen molar-refractivity contribution in [2.75, 3.05) is 0 Å². The summed E-state index contributed by atoms with van der Waals surface area (Å²) < 4.78 is 0. The van der Waals surface area contributed by atoms with Crippen LogP contribution in [0.15, 0.2) is 58.8 Å². The van der Waals surface area contributed by atoms with E-state index in [4.69, 9.17) is 29.2 Å². The highest BCUT2D eigenvalue weighted by Crippen LogP contribution is 2.37. The van der Waals surface area contributed by atoms with Crippen LogP contribution >= 0.6 is 35.6 Å². The van der Waals surface area contributed by atoms with Crippen molar-refractivity contribution in [2.45, 2.75) is 44.6 Å². The quantitative estimate of drug-likeness (QED) is 0.232. The fourth-order valence-electron chi connectivity index (χ4n) is 3.70. The van der Waals surface area contributed by atoms with Crippen molar-refractivity contribution >= 4 is 41.5 Å². The van der Waals surface area contributed by atoms with Gasteiger partial charge in [-0.05, 0) is 43.5 Å².